The number of hydrogen-bond acceptors (Lipinski definition) is 4. The zero-order chi connectivity index (χ0) is 11.7. The lowest BCUT2D eigenvalue weighted by Gasteiger charge is -2.13. The maximum absolute atomic E-state index is 12.5. The van der Waals surface area contributed by atoms with Gasteiger partial charge in [0.1, 0.15) is 0 Å². The molecule has 1 atom stereocenters. The molecule has 0 radical (unpaired) electrons. The molecule has 0 saturated carbocycles. The summed E-state index contributed by atoms with van der Waals surface area (Å²) in [4.78, 5) is 0. The molecule has 16 heavy (non-hydrogen) atoms. The lowest BCUT2D eigenvalue weighted by molar-refractivity contribution is 0.116. The lowest BCUT2D eigenvalue weighted by Crippen LogP contribution is -2.18. The lowest BCUT2D eigenvalue weighted by atomic mass is 10.1. The average molecular weight is 231 g/mol. The zero-order valence-electron chi connectivity index (χ0n) is 8.57. The summed E-state index contributed by atoms with van der Waals surface area (Å²) >= 11 is 0. The highest BCUT2D eigenvalue weighted by molar-refractivity contribution is 5.55. The normalized spacial score (nSPS) is 15.3. The number of halogens is 2. The van der Waals surface area contributed by atoms with E-state index in [9.17, 15) is 8.78 Å². The Morgan fingerprint density at radius 2 is 2.12 bits per heavy atom. The molecular weight excluding hydrogens is 220 g/mol. The van der Waals surface area contributed by atoms with Crippen molar-refractivity contribution in [3.63, 3.8) is 0 Å². The predicted octanol–water partition coefficient (Wildman–Crippen LogP) is 1.69. The molecule has 4 nitrogen and oxygen atoms in total. The van der Waals surface area contributed by atoms with E-state index >= 15 is 0 Å². The SMILES string of the molecule is COc1cc([C@H](N)C(F)F)cc2c1OCO2. The number of methoxy groups -OCH3 is 1. The van der Waals surface area contributed by atoms with Gasteiger partial charge < -0.3 is 19.9 Å². The second-order valence-electron chi connectivity index (χ2n) is 3.32. The number of ether oxygens (including phenoxy) is 3. The molecule has 0 amide bonds. The minimum Gasteiger partial charge on any atom is -0.493 e. The minimum absolute atomic E-state index is 0.0546. The molecule has 0 aliphatic carbocycles. The molecule has 0 aromatic heterocycles. The van der Waals surface area contributed by atoms with Crippen molar-refractivity contribution < 1.29 is 23.0 Å². The molecule has 1 aromatic carbocycles. The van der Waals surface area contributed by atoms with Crippen molar-refractivity contribution in [1.82, 2.24) is 0 Å². The predicted molar refractivity (Wildman–Crippen MR) is 52.0 cm³/mol. The standard InChI is InChI=1S/C10H11F2NO3/c1-14-6-2-5(8(13)10(11)12)3-7-9(6)16-4-15-7/h2-3,8,10H,4,13H2,1H3/t8-/m0/s1. The van der Waals surface area contributed by atoms with E-state index in [1.165, 1.54) is 19.2 Å². The van der Waals surface area contributed by atoms with Crippen LogP contribution in [0.3, 0.4) is 0 Å². The molecule has 1 aliphatic heterocycles. The smallest absolute Gasteiger partial charge is 0.257 e. The summed E-state index contributed by atoms with van der Waals surface area (Å²) in [7, 11) is 1.43. The van der Waals surface area contributed by atoms with E-state index < -0.39 is 12.5 Å². The second-order valence-corrected chi connectivity index (χ2v) is 3.32. The first-order valence-electron chi connectivity index (χ1n) is 4.64. The van der Waals surface area contributed by atoms with Gasteiger partial charge in [0, 0.05) is 0 Å². The highest BCUT2D eigenvalue weighted by Crippen LogP contribution is 2.43. The van der Waals surface area contributed by atoms with Gasteiger partial charge in [0.2, 0.25) is 12.5 Å². The van der Waals surface area contributed by atoms with Crippen LogP contribution in [0.1, 0.15) is 11.6 Å². The summed E-state index contributed by atoms with van der Waals surface area (Å²) in [6.07, 6.45) is -2.63. The van der Waals surface area contributed by atoms with Crippen LogP contribution in [0.15, 0.2) is 12.1 Å². The Kier molecular flexibility index (Phi) is 2.82. The third kappa shape index (κ3) is 1.76. The molecule has 6 heteroatoms. The number of alkyl halides is 2. The zero-order valence-corrected chi connectivity index (χ0v) is 8.57. The maximum atomic E-state index is 12.5. The fraction of sp³-hybridized carbons (Fsp3) is 0.400. The van der Waals surface area contributed by atoms with Gasteiger partial charge in [-0.05, 0) is 17.7 Å². The summed E-state index contributed by atoms with van der Waals surface area (Å²) < 4.78 is 40.2. The van der Waals surface area contributed by atoms with Crippen LogP contribution in [-0.4, -0.2) is 20.3 Å². The van der Waals surface area contributed by atoms with Crippen LogP contribution in [0, 0.1) is 0 Å². The Morgan fingerprint density at radius 3 is 2.75 bits per heavy atom. The Balaban J connectivity index is 2.41. The van der Waals surface area contributed by atoms with Crippen molar-refractivity contribution in [2.24, 2.45) is 5.73 Å². The number of rotatable bonds is 3. The van der Waals surface area contributed by atoms with Gasteiger partial charge in [-0.2, -0.15) is 0 Å². The van der Waals surface area contributed by atoms with Crippen LogP contribution in [0.4, 0.5) is 8.78 Å². The maximum Gasteiger partial charge on any atom is 0.257 e. The Labute approximate surface area is 90.9 Å². The van der Waals surface area contributed by atoms with Crippen LogP contribution in [0.2, 0.25) is 0 Å². The largest absolute Gasteiger partial charge is 0.493 e. The summed E-state index contributed by atoms with van der Waals surface area (Å²) in [6, 6.07) is 1.52. The van der Waals surface area contributed by atoms with Crippen molar-refractivity contribution in [2.45, 2.75) is 12.5 Å². The fourth-order valence-electron chi connectivity index (χ4n) is 1.49. The minimum atomic E-state index is -2.63. The Bertz CT molecular complexity index is 398. The van der Waals surface area contributed by atoms with Crippen LogP contribution < -0.4 is 19.9 Å². The summed E-state index contributed by atoms with van der Waals surface area (Å²) in [5, 5.41) is 0. The van der Waals surface area contributed by atoms with Crippen molar-refractivity contribution in [2.75, 3.05) is 13.9 Å². The Morgan fingerprint density at radius 1 is 1.38 bits per heavy atom. The van der Waals surface area contributed by atoms with Crippen molar-refractivity contribution in [3.8, 4) is 17.2 Å². The van der Waals surface area contributed by atoms with E-state index in [0.717, 1.165) is 0 Å². The van der Waals surface area contributed by atoms with Gasteiger partial charge in [0.15, 0.2) is 11.5 Å². The highest BCUT2D eigenvalue weighted by Gasteiger charge is 2.25. The van der Waals surface area contributed by atoms with Crippen LogP contribution >= 0.6 is 0 Å². The van der Waals surface area contributed by atoms with E-state index in [1.54, 1.807) is 0 Å². The molecule has 2 rings (SSSR count). The molecule has 0 fully saturated rings. The van der Waals surface area contributed by atoms with E-state index in [2.05, 4.69) is 0 Å². The quantitative estimate of drug-likeness (QED) is 0.860. The molecule has 0 saturated heterocycles. The van der Waals surface area contributed by atoms with E-state index in [4.69, 9.17) is 19.9 Å². The molecule has 0 unspecified atom stereocenters. The number of nitrogens with two attached hydrogens (primary N) is 1. The molecule has 1 aliphatic rings. The van der Waals surface area contributed by atoms with Crippen molar-refractivity contribution >= 4 is 0 Å². The molecule has 1 heterocycles. The summed E-state index contributed by atoms with van der Waals surface area (Å²) in [5.74, 6) is 1.15. The number of hydrogen-bond donors (Lipinski definition) is 1. The van der Waals surface area contributed by atoms with Gasteiger partial charge in [-0.25, -0.2) is 8.78 Å². The van der Waals surface area contributed by atoms with Crippen LogP contribution in [0.5, 0.6) is 17.2 Å². The third-order valence-electron chi connectivity index (χ3n) is 2.34. The van der Waals surface area contributed by atoms with Gasteiger partial charge in [-0.1, -0.05) is 0 Å². The molecule has 2 N–H and O–H groups in total. The first-order chi connectivity index (χ1) is 7.63. The monoisotopic (exact) mass is 231 g/mol. The van der Waals surface area contributed by atoms with Gasteiger partial charge >= 0.3 is 0 Å². The van der Waals surface area contributed by atoms with Gasteiger partial charge in [-0.3, -0.25) is 0 Å². The van der Waals surface area contributed by atoms with E-state index in [1.807, 2.05) is 0 Å². The van der Waals surface area contributed by atoms with Gasteiger partial charge in [-0.15, -0.1) is 0 Å². The first kappa shape index (κ1) is 10.9. The Hall–Kier alpha value is -1.56. The average Bonchev–Trinajstić information content (AvgIpc) is 2.74. The molecule has 1 aromatic rings. The van der Waals surface area contributed by atoms with E-state index in [-0.39, 0.29) is 12.4 Å². The summed E-state index contributed by atoms with van der Waals surface area (Å²) in [5.41, 5.74) is 5.61. The van der Waals surface area contributed by atoms with Crippen LogP contribution in [0.25, 0.3) is 0 Å². The highest BCUT2D eigenvalue weighted by atomic mass is 19.3. The number of benzene rings is 1. The molecule has 0 bridgehead atoms. The van der Waals surface area contributed by atoms with E-state index in [0.29, 0.717) is 17.2 Å². The molecule has 88 valence electrons. The molecule has 0 spiro atoms. The topological polar surface area (TPSA) is 53.7 Å². The third-order valence-corrected chi connectivity index (χ3v) is 2.34. The van der Waals surface area contributed by atoms with Gasteiger partial charge in [0.25, 0.3) is 6.43 Å². The van der Waals surface area contributed by atoms with Crippen molar-refractivity contribution in [1.29, 1.82) is 0 Å². The first-order valence-corrected chi connectivity index (χ1v) is 4.64. The van der Waals surface area contributed by atoms with Crippen molar-refractivity contribution in [3.05, 3.63) is 17.7 Å². The second kappa shape index (κ2) is 4.13. The van der Waals surface area contributed by atoms with Crippen LogP contribution in [-0.2, 0) is 0 Å². The summed E-state index contributed by atoms with van der Waals surface area (Å²) in [6.45, 7) is 0.0546. The molecular formula is C10H11F2NO3. The van der Waals surface area contributed by atoms with Gasteiger partial charge in [0.05, 0.1) is 13.2 Å². The fourth-order valence-corrected chi connectivity index (χ4v) is 1.49. The number of fused-ring (bicyclic) bond motifs is 1.